The SMILES string of the molecule is CC1(C(=O)Nc2nc(-c3ccccc3)cs2)COC1. The Hall–Kier alpha value is -1.72. The molecule has 1 aromatic heterocycles. The highest BCUT2D eigenvalue weighted by molar-refractivity contribution is 7.14. The molecule has 1 aliphatic heterocycles. The van der Waals surface area contributed by atoms with E-state index in [0.717, 1.165) is 11.3 Å². The fourth-order valence-corrected chi connectivity index (χ4v) is 2.57. The molecule has 1 aromatic carbocycles. The molecule has 98 valence electrons. The number of carbonyl (C=O) groups excluding carboxylic acids is 1. The molecular weight excluding hydrogens is 260 g/mol. The summed E-state index contributed by atoms with van der Waals surface area (Å²) in [6.07, 6.45) is 0. The maximum absolute atomic E-state index is 12.0. The third-order valence-corrected chi connectivity index (χ3v) is 3.94. The molecule has 2 heterocycles. The van der Waals surface area contributed by atoms with Crippen molar-refractivity contribution >= 4 is 22.4 Å². The van der Waals surface area contributed by atoms with E-state index >= 15 is 0 Å². The summed E-state index contributed by atoms with van der Waals surface area (Å²) in [4.78, 5) is 16.5. The summed E-state index contributed by atoms with van der Waals surface area (Å²) in [6, 6.07) is 9.92. The summed E-state index contributed by atoms with van der Waals surface area (Å²) in [5.41, 5.74) is 1.53. The number of anilines is 1. The Balaban J connectivity index is 1.74. The quantitative estimate of drug-likeness (QED) is 0.936. The molecule has 0 spiro atoms. The third kappa shape index (κ3) is 2.39. The van der Waals surface area contributed by atoms with Crippen LogP contribution in [0.5, 0.6) is 0 Å². The summed E-state index contributed by atoms with van der Waals surface area (Å²) in [7, 11) is 0. The molecule has 1 fully saturated rings. The van der Waals surface area contributed by atoms with Gasteiger partial charge in [0, 0.05) is 10.9 Å². The van der Waals surface area contributed by atoms with Gasteiger partial charge in [-0.3, -0.25) is 4.79 Å². The van der Waals surface area contributed by atoms with Crippen molar-refractivity contribution in [3.8, 4) is 11.3 Å². The number of rotatable bonds is 3. The minimum Gasteiger partial charge on any atom is -0.379 e. The number of nitrogens with one attached hydrogen (secondary N) is 1. The topological polar surface area (TPSA) is 51.2 Å². The van der Waals surface area contributed by atoms with Crippen molar-refractivity contribution in [2.45, 2.75) is 6.92 Å². The molecule has 0 atom stereocenters. The van der Waals surface area contributed by atoms with E-state index in [1.807, 2.05) is 42.6 Å². The Morgan fingerprint density at radius 2 is 2.11 bits per heavy atom. The van der Waals surface area contributed by atoms with Gasteiger partial charge in [-0.1, -0.05) is 30.3 Å². The fourth-order valence-electron chi connectivity index (χ4n) is 1.86. The molecule has 19 heavy (non-hydrogen) atoms. The lowest BCUT2D eigenvalue weighted by Crippen LogP contribution is -2.49. The van der Waals surface area contributed by atoms with Crippen molar-refractivity contribution in [2.24, 2.45) is 5.41 Å². The second-order valence-electron chi connectivity index (χ2n) is 4.91. The number of aromatic nitrogens is 1. The summed E-state index contributed by atoms with van der Waals surface area (Å²) < 4.78 is 5.09. The van der Waals surface area contributed by atoms with Gasteiger partial charge in [0.1, 0.15) is 0 Å². The van der Waals surface area contributed by atoms with Gasteiger partial charge in [0.25, 0.3) is 0 Å². The van der Waals surface area contributed by atoms with Crippen LogP contribution in [0.3, 0.4) is 0 Å². The molecule has 4 nitrogen and oxygen atoms in total. The number of nitrogens with zero attached hydrogens (tertiary/aromatic N) is 1. The van der Waals surface area contributed by atoms with Crippen LogP contribution < -0.4 is 5.32 Å². The number of benzene rings is 1. The van der Waals surface area contributed by atoms with Crippen LogP contribution in [0.15, 0.2) is 35.7 Å². The highest BCUT2D eigenvalue weighted by Crippen LogP contribution is 2.30. The summed E-state index contributed by atoms with van der Waals surface area (Å²) in [5.74, 6) is -0.0206. The van der Waals surface area contributed by atoms with E-state index in [-0.39, 0.29) is 5.91 Å². The highest BCUT2D eigenvalue weighted by Gasteiger charge is 2.41. The van der Waals surface area contributed by atoms with Crippen LogP contribution in [-0.2, 0) is 9.53 Å². The van der Waals surface area contributed by atoms with Crippen molar-refractivity contribution in [1.29, 1.82) is 0 Å². The summed E-state index contributed by atoms with van der Waals surface area (Å²) in [5, 5.41) is 5.45. The first kappa shape index (κ1) is 12.3. The molecule has 0 saturated carbocycles. The summed E-state index contributed by atoms with van der Waals surface area (Å²) in [6.45, 7) is 2.86. The van der Waals surface area contributed by atoms with Gasteiger partial charge in [-0.05, 0) is 6.92 Å². The molecule has 0 radical (unpaired) electrons. The fraction of sp³-hybridized carbons (Fsp3) is 0.286. The van der Waals surface area contributed by atoms with Crippen LogP contribution in [0.25, 0.3) is 11.3 Å². The molecule has 3 rings (SSSR count). The van der Waals surface area contributed by atoms with Crippen molar-refractivity contribution < 1.29 is 9.53 Å². The lowest BCUT2D eigenvalue weighted by molar-refractivity contribution is -0.151. The van der Waals surface area contributed by atoms with Gasteiger partial charge < -0.3 is 10.1 Å². The lowest BCUT2D eigenvalue weighted by atomic mass is 9.88. The maximum Gasteiger partial charge on any atom is 0.236 e. The molecule has 0 aliphatic carbocycles. The van der Waals surface area contributed by atoms with Crippen LogP contribution in [-0.4, -0.2) is 24.1 Å². The molecule has 2 aromatic rings. The van der Waals surface area contributed by atoms with E-state index in [2.05, 4.69) is 10.3 Å². The molecule has 1 amide bonds. The second kappa shape index (κ2) is 4.75. The minimum atomic E-state index is -0.404. The van der Waals surface area contributed by atoms with Gasteiger partial charge in [-0.25, -0.2) is 4.98 Å². The Bertz CT molecular complexity index is 591. The number of carbonyl (C=O) groups is 1. The van der Waals surface area contributed by atoms with E-state index < -0.39 is 5.41 Å². The lowest BCUT2D eigenvalue weighted by Gasteiger charge is -2.35. The van der Waals surface area contributed by atoms with Gasteiger partial charge in [0.05, 0.1) is 24.3 Å². The normalized spacial score (nSPS) is 16.7. The average molecular weight is 274 g/mol. The standard InChI is InChI=1S/C14H14N2O2S/c1-14(8-18-9-14)12(17)16-13-15-11(7-19-13)10-5-3-2-4-6-10/h2-7H,8-9H2,1H3,(H,15,16,17). The zero-order valence-electron chi connectivity index (χ0n) is 10.6. The largest absolute Gasteiger partial charge is 0.379 e. The van der Waals surface area contributed by atoms with Crippen LogP contribution in [0.4, 0.5) is 5.13 Å². The van der Waals surface area contributed by atoms with E-state index in [1.165, 1.54) is 11.3 Å². The van der Waals surface area contributed by atoms with E-state index in [1.54, 1.807) is 0 Å². The van der Waals surface area contributed by atoms with Crippen molar-refractivity contribution in [2.75, 3.05) is 18.5 Å². The molecule has 1 saturated heterocycles. The third-order valence-electron chi connectivity index (χ3n) is 3.18. The molecular formula is C14H14N2O2S. The predicted octanol–water partition coefficient (Wildman–Crippen LogP) is 2.79. The van der Waals surface area contributed by atoms with Crippen molar-refractivity contribution in [1.82, 2.24) is 4.98 Å². The molecule has 0 bridgehead atoms. The van der Waals surface area contributed by atoms with E-state index in [0.29, 0.717) is 18.3 Å². The number of hydrogen-bond acceptors (Lipinski definition) is 4. The Morgan fingerprint density at radius 3 is 2.74 bits per heavy atom. The molecule has 1 N–H and O–H groups in total. The first-order valence-electron chi connectivity index (χ1n) is 6.07. The monoisotopic (exact) mass is 274 g/mol. The van der Waals surface area contributed by atoms with Crippen molar-refractivity contribution in [3.63, 3.8) is 0 Å². The smallest absolute Gasteiger partial charge is 0.236 e. The van der Waals surface area contributed by atoms with Gasteiger partial charge in [-0.15, -0.1) is 11.3 Å². The highest BCUT2D eigenvalue weighted by atomic mass is 32.1. The predicted molar refractivity (Wildman–Crippen MR) is 75.1 cm³/mol. The molecule has 5 heteroatoms. The minimum absolute atomic E-state index is 0.0206. The van der Waals surface area contributed by atoms with Crippen LogP contribution in [0, 0.1) is 5.41 Å². The number of hydrogen-bond donors (Lipinski definition) is 1. The molecule has 1 aliphatic rings. The van der Waals surface area contributed by atoms with Gasteiger partial charge in [0.2, 0.25) is 5.91 Å². The van der Waals surface area contributed by atoms with Gasteiger partial charge in [-0.2, -0.15) is 0 Å². The Morgan fingerprint density at radius 1 is 1.37 bits per heavy atom. The van der Waals surface area contributed by atoms with Crippen LogP contribution in [0.2, 0.25) is 0 Å². The number of ether oxygens (including phenoxy) is 1. The van der Waals surface area contributed by atoms with Crippen LogP contribution in [0.1, 0.15) is 6.92 Å². The molecule has 0 unspecified atom stereocenters. The first-order chi connectivity index (χ1) is 9.17. The Labute approximate surface area is 115 Å². The van der Waals surface area contributed by atoms with Gasteiger partial charge >= 0.3 is 0 Å². The van der Waals surface area contributed by atoms with E-state index in [9.17, 15) is 4.79 Å². The van der Waals surface area contributed by atoms with Gasteiger partial charge in [0.15, 0.2) is 5.13 Å². The van der Waals surface area contributed by atoms with E-state index in [4.69, 9.17) is 4.74 Å². The zero-order chi connectivity index (χ0) is 13.3. The summed E-state index contributed by atoms with van der Waals surface area (Å²) >= 11 is 1.44. The number of thiazole rings is 1. The second-order valence-corrected chi connectivity index (χ2v) is 5.77. The number of amides is 1. The average Bonchev–Trinajstić information content (AvgIpc) is 2.85. The van der Waals surface area contributed by atoms with Crippen molar-refractivity contribution in [3.05, 3.63) is 35.7 Å². The van der Waals surface area contributed by atoms with Crippen LogP contribution >= 0.6 is 11.3 Å². The maximum atomic E-state index is 12.0. The zero-order valence-corrected chi connectivity index (χ0v) is 11.4. The Kier molecular flexibility index (Phi) is 3.08. The first-order valence-corrected chi connectivity index (χ1v) is 6.95.